The summed E-state index contributed by atoms with van der Waals surface area (Å²) in [6.45, 7) is 6.71. The average Bonchev–Trinajstić information content (AvgIpc) is 2.88. The first-order valence-electron chi connectivity index (χ1n) is 10.1. The lowest BCUT2D eigenvalue weighted by Crippen LogP contribution is -2.57. The van der Waals surface area contributed by atoms with Crippen LogP contribution in [0.5, 0.6) is 0 Å². The lowest BCUT2D eigenvalue weighted by Gasteiger charge is -2.61. The van der Waals surface area contributed by atoms with Crippen molar-refractivity contribution in [3.8, 4) is 0 Å². The van der Waals surface area contributed by atoms with E-state index in [4.69, 9.17) is 4.74 Å². The van der Waals surface area contributed by atoms with Gasteiger partial charge in [-0.1, -0.05) is 33.1 Å². The Morgan fingerprint density at radius 3 is 2.48 bits per heavy atom. The van der Waals surface area contributed by atoms with Gasteiger partial charge in [-0.2, -0.15) is 0 Å². The van der Waals surface area contributed by atoms with Crippen molar-refractivity contribution in [2.24, 2.45) is 34.5 Å². The fourth-order valence-electron chi connectivity index (χ4n) is 7.66. The Balaban J connectivity index is 1.68. The van der Waals surface area contributed by atoms with Gasteiger partial charge in [0.05, 0.1) is 0 Å². The van der Waals surface area contributed by atoms with E-state index in [9.17, 15) is 4.79 Å². The summed E-state index contributed by atoms with van der Waals surface area (Å²) in [6, 6.07) is 0. The maximum absolute atomic E-state index is 11.7. The van der Waals surface area contributed by atoms with Crippen LogP contribution in [-0.2, 0) is 9.53 Å². The zero-order valence-corrected chi connectivity index (χ0v) is 15.3. The smallest absolute Gasteiger partial charge is 0.302 e. The molecule has 0 aromatic heterocycles. The fraction of sp³-hybridized carbons (Fsp3) is 0.952. The first kappa shape index (κ1) is 16.0. The van der Waals surface area contributed by atoms with E-state index in [0.717, 1.165) is 24.2 Å². The number of rotatable bonds is 1. The predicted octanol–water partition coefficient (Wildman–Crippen LogP) is 5.35. The molecule has 23 heavy (non-hydrogen) atoms. The highest BCUT2D eigenvalue weighted by molar-refractivity contribution is 5.66. The van der Waals surface area contributed by atoms with Gasteiger partial charge in [-0.3, -0.25) is 4.79 Å². The molecule has 0 aliphatic heterocycles. The quantitative estimate of drug-likeness (QED) is 0.609. The van der Waals surface area contributed by atoms with E-state index in [2.05, 4.69) is 13.8 Å². The maximum atomic E-state index is 11.7. The van der Waals surface area contributed by atoms with Crippen LogP contribution in [0.4, 0.5) is 0 Å². The van der Waals surface area contributed by atoms with Crippen LogP contribution in [0.3, 0.4) is 0 Å². The molecule has 2 nitrogen and oxygen atoms in total. The molecule has 0 heterocycles. The third-order valence-electron chi connectivity index (χ3n) is 8.66. The summed E-state index contributed by atoms with van der Waals surface area (Å²) in [4.78, 5) is 11.7. The summed E-state index contributed by atoms with van der Waals surface area (Å²) in [7, 11) is 0. The fourth-order valence-corrected chi connectivity index (χ4v) is 7.66. The lowest BCUT2D eigenvalue weighted by atomic mass is 9.45. The molecule has 7 atom stereocenters. The summed E-state index contributed by atoms with van der Waals surface area (Å²) in [5, 5.41) is 0. The molecule has 0 aromatic carbocycles. The number of ether oxygens (including phenoxy) is 1. The van der Waals surface area contributed by atoms with Crippen molar-refractivity contribution in [3.63, 3.8) is 0 Å². The molecular formula is C21H34O2. The molecule has 0 amide bonds. The van der Waals surface area contributed by atoms with Crippen LogP contribution in [0.15, 0.2) is 0 Å². The Hall–Kier alpha value is -0.530. The molecule has 0 aromatic rings. The van der Waals surface area contributed by atoms with E-state index < -0.39 is 0 Å². The van der Waals surface area contributed by atoms with Gasteiger partial charge in [0.25, 0.3) is 0 Å². The Morgan fingerprint density at radius 1 is 0.913 bits per heavy atom. The van der Waals surface area contributed by atoms with Crippen molar-refractivity contribution in [1.82, 2.24) is 0 Å². The minimum absolute atomic E-state index is 0.0635. The van der Waals surface area contributed by atoms with E-state index in [-0.39, 0.29) is 12.1 Å². The first-order valence-corrected chi connectivity index (χ1v) is 10.1. The van der Waals surface area contributed by atoms with Crippen LogP contribution in [0.1, 0.15) is 85.0 Å². The molecule has 4 aliphatic rings. The van der Waals surface area contributed by atoms with Gasteiger partial charge in [-0.25, -0.2) is 0 Å². The predicted molar refractivity (Wildman–Crippen MR) is 91.9 cm³/mol. The standard InChI is InChI=1S/C21H34O2/c1-14(22)23-19-13-15-16-8-6-10-20(16,2)12-9-17(15)21(3)11-5-4-7-18(19)21/h15-19H,4-13H2,1-3H3/t15-,16+,17-,18-,19+,20-,21-/m1/s1. The molecule has 4 fully saturated rings. The van der Waals surface area contributed by atoms with Gasteiger partial charge in [-0.15, -0.1) is 0 Å². The van der Waals surface area contributed by atoms with Crippen molar-refractivity contribution >= 4 is 5.97 Å². The second-order valence-electron chi connectivity index (χ2n) is 9.70. The zero-order valence-electron chi connectivity index (χ0n) is 15.3. The van der Waals surface area contributed by atoms with Gasteiger partial charge in [0, 0.05) is 12.8 Å². The second-order valence-corrected chi connectivity index (χ2v) is 9.70. The van der Waals surface area contributed by atoms with Crippen molar-refractivity contribution in [2.45, 2.75) is 91.1 Å². The van der Waals surface area contributed by atoms with E-state index in [1.54, 1.807) is 6.92 Å². The van der Waals surface area contributed by atoms with E-state index in [1.807, 2.05) is 0 Å². The molecule has 0 bridgehead atoms. The molecule has 2 heteroatoms. The highest BCUT2D eigenvalue weighted by Gasteiger charge is 2.60. The van der Waals surface area contributed by atoms with Gasteiger partial charge < -0.3 is 4.74 Å². The Bertz CT molecular complexity index is 486. The third kappa shape index (κ3) is 2.38. The zero-order chi connectivity index (χ0) is 16.2. The minimum Gasteiger partial charge on any atom is -0.462 e. The van der Waals surface area contributed by atoms with Gasteiger partial charge in [0.15, 0.2) is 0 Å². The number of carbonyl (C=O) groups is 1. The average molecular weight is 319 g/mol. The number of esters is 1. The van der Waals surface area contributed by atoms with Crippen LogP contribution in [0.25, 0.3) is 0 Å². The summed E-state index contributed by atoms with van der Waals surface area (Å²) in [6.07, 6.45) is 13.8. The summed E-state index contributed by atoms with van der Waals surface area (Å²) < 4.78 is 5.92. The molecule has 0 spiro atoms. The molecule has 0 unspecified atom stereocenters. The first-order chi connectivity index (χ1) is 10.9. The molecule has 4 rings (SSSR count). The minimum atomic E-state index is -0.0635. The molecule has 130 valence electrons. The molecule has 4 saturated carbocycles. The molecular weight excluding hydrogens is 284 g/mol. The maximum Gasteiger partial charge on any atom is 0.302 e. The molecule has 0 N–H and O–H groups in total. The third-order valence-corrected chi connectivity index (χ3v) is 8.66. The number of hydrogen-bond donors (Lipinski definition) is 0. The van der Waals surface area contributed by atoms with Crippen LogP contribution in [0.2, 0.25) is 0 Å². The van der Waals surface area contributed by atoms with Crippen molar-refractivity contribution < 1.29 is 9.53 Å². The van der Waals surface area contributed by atoms with Gasteiger partial charge >= 0.3 is 5.97 Å². The van der Waals surface area contributed by atoms with Crippen LogP contribution in [-0.4, -0.2) is 12.1 Å². The van der Waals surface area contributed by atoms with Crippen LogP contribution < -0.4 is 0 Å². The monoisotopic (exact) mass is 318 g/mol. The topological polar surface area (TPSA) is 26.3 Å². The van der Waals surface area contributed by atoms with Gasteiger partial charge in [-0.05, 0) is 73.5 Å². The largest absolute Gasteiger partial charge is 0.462 e. The van der Waals surface area contributed by atoms with Gasteiger partial charge in [0.2, 0.25) is 0 Å². The van der Waals surface area contributed by atoms with Crippen LogP contribution in [0, 0.1) is 34.5 Å². The van der Waals surface area contributed by atoms with Crippen molar-refractivity contribution in [2.75, 3.05) is 0 Å². The number of fused-ring (bicyclic) bond motifs is 5. The molecule has 0 saturated heterocycles. The van der Waals surface area contributed by atoms with Crippen LogP contribution >= 0.6 is 0 Å². The normalized spacial score (nSPS) is 52.2. The van der Waals surface area contributed by atoms with Crippen molar-refractivity contribution in [1.29, 1.82) is 0 Å². The highest BCUT2D eigenvalue weighted by Crippen LogP contribution is 2.66. The SMILES string of the molecule is CC(=O)O[C@H]1C[C@H]2[C@@H](CC[C@@]3(C)CCC[C@@H]23)[C@@]2(C)CCCC[C@H]12. The van der Waals surface area contributed by atoms with Gasteiger partial charge in [0.1, 0.15) is 6.10 Å². The highest BCUT2D eigenvalue weighted by atomic mass is 16.5. The Labute approximate surface area is 141 Å². The summed E-state index contributed by atoms with van der Waals surface area (Å²) in [5.41, 5.74) is 1.00. The Morgan fingerprint density at radius 2 is 1.70 bits per heavy atom. The van der Waals surface area contributed by atoms with E-state index in [0.29, 0.717) is 16.7 Å². The van der Waals surface area contributed by atoms with Crippen molar-refractivity contribution in [3.05, 3.63) is 0 Å². The number of hydrogen-bond acceptors (Lipinski definition) is 2. The summed E-state index contributed by atoms with van der Waals surface area (Å²) in [5.74, 6) is 3.13. The lowest BCUT2D eigenvalue weighted by molar-refractivity contribution is -0.182. The Kier molecular flexibility index (Phi) is 3.81. The van der Waals surface area contributed by atoms with E-state index >= 15 is 0 Å². The second kappa shape index (κ2) is 5.49. The molecule has 0 radical (unpaired) electrons. The summed E-state index contributed by atoms with van der Waals surface area (Å²) >= 11 is 0. The number of carbonyl (C=O) groups excluding carboxylic acids is 1. The molecule has 4 aliphatic carbocycles. The van der Waals surface area contributed by atoms with E-state index in [1.165, 1.54) is 57.8 Å².